The highest BCUT2D eigenvalue weighted by Crippen LogP contribution is 2.39. The van der Waals surface area contributed by atoms with Gasteiger partial charge in [0.25, 0.3) is 0 Å². The molecular weight excluding hydrogens is 265 g/mol. The van der Waals surface area contributed by atoms with Crippen molar-refractivity contribution in [3.63, 3.8) is 0 Å². The van der Waals surface area contributed by atoms with Gasteiger partial charge in [0.2, 0.25) is 5.91 Å². The van der Waals surface area contributed by atoms with Crippen LogP contribution in [-0.2, 0) is 4.79 Å². The van der Waals surface area contributed by atoms with Crippen molar-refractivity contribution >= 4 is 11.6 Å². The number of anilines is 1. The van der Waals surface area contributed by atoms with Gasteiger partial charge in [-0.1, -0.05) is 38.1 Å². The van der Waals surface area contributed by atoms with Crippen LogP contribution in [0, 0.1) is 12.7 Å². The lowest BCUT2D eigenvalue weighted by atomic mass is 9.91. The lowest BCUT2D eigenvalue weighted by Crippen LogP contribution is -2.17. The van der Waals surface area contributed by atoms with Crippen LogP contribution in [0.3, 0.4) is 0 Å². The number of rotatable bonds is 0. The number of hydrogen-bond acceptors (Lipinski definition) is 1. The first-order chi connectivity index (χ1) is 10.1. The van der Waals surface area contributed by atoms with Crippen molar-refractivity contribution in [1.82, 2.24) is 0 Å². The summed E-state index contributed by atoms with van der Waals surface area (Å²) in [5.41, 5.74) is 4.44. The summed E-state index contributed by atoms with van der Waals surface area (Å²) in [7, 11) is 0. The van der Waals surface area contributed by atoms with Crippen molar-refractivity contribution in [3.8, 4) is 11.1 Å². The molecule has 110 valence electrons. The number of para-hydroxylation sites is 1. The summed E-state index contributed by atoms with van der Waals surface area (Å²) in [5.74, 6) is -0.771. The second-order valence-corrected chi connectivity index (χ2v) is 4.94. The molecule has 1 N–H and O–H groups in total. The number of amides is 1. The van der Waals surface area contributed by atoms with Crippen LogP contribution in [0.5, 0.6) is 0 Å². The molecule has 3 rings (SSSR count). The topological polar surface area (TPSA) is 29.1 Å². The summed E-state index contributed by atoms with van der Waals surface area (Å²) >= 11 is 0. The summed E-state index contributed by atoms with van der Waals surface area (Å²) in [6.45, 7) is 7.76. The molecule has 0 saturated heterocycles. The second-order valence-electron chi connectivity index (χ2n) is 4.94. The molecule has 1 atom stereocenters. The fourth-order valence-corrected chi connectivity index (χ4v) is 2.57. The second kappa shape index (κ2) is 6.08. The monoisotopic (exact) mass is 285 g/mol. The van der Waals surface area contributed by atoms with Crippen molar-refractivity contribution in [2.24, 2.45) is 0 Å². The van der Waals surface area contributed by atoms with Gasteiger partial charge in [0.05, 0.1) is 11.6 Å². The van der Waals surface area contributed by atoms with E-state index in [9.17, 15) is 9.18 Å². The van der Waals surface area contributed by atoms with E-state index in [1.807, 2.05) is 39.0 Å². The van der Waals surface area contributed by atoms with E-state index in [1.54, 1.807) is 13.0 Å². The maximum Gasteiger partial charge on any atom is 0.231 e. The Kier molecular flexibility index (Phi) is 4.41. The van der Waals surface area contributed by atoms with Gasteiger partial charge in [-0.15, -0.1) is 0 Å². The van der Waals surface area contributed by atoms with Crippen LogP contribution in [-0.4, -0.2) is 5.91 Å². The summed E-state index contributed by atoms with van der Waals surface area (Å²) in [6.07, 6.45) is 0. The number of aryl methyl sites for hydroxylation is 1. The SMILES string of the molecule is CC.Cc1cccc2c1NC(=O)C(C)c1cc(F)ccc1-2. The predicted molar refractivity (Wildman–Crippen MR) is 85.0 cm³/mol. The summed E-state index contributed by atoms with van der Waals surface area (Å²) in [6, 6.07) is 10.5. The molecule has 1 heterocycles. The zero-order valence-electron chi connectivity index (χ0n) is 12.8. The molecule has 0 radical (unpaired) electrons. The van der Waals surface area contributed by atoms with Crippen LogP contribution in [0.4, 0.5) is 10.1 Å². The zero-order chi connectivity index (χ0) is 15.6. The van der Waals surface area contributed by atoms with Gasteiger partial charge in [-0.2, -0.15) is 0 Å². The summed E-state index contributed by atoms with van der Waals surface area (Å²) in [5, 5.41) is 2.95. The predicted octanol–water partition coefficient (Wildman–Crippen LogP) is 4.88. The Morgan fingerprint density at radius 3 is 2.52 bits per heavy atom. The average molecular weight is 285 g/mol. The molecule has 0 aliphatic carbocycles. The van der Waals surface area contributed by atoms with E-state index in [4.69, 9.17) is 0 Å². The maximum absolute atomic E-state index is 13.5. The quantitative estimate of drug-likeness (QED) is 0.734. The lowest BCUT2D eigenvalue weighted by Gasteiger charge is -2.11. The van der Waals surface area contributed by atoms with Crippen LogP contribution < -0.4 is 5.32 Å². The molecule has 0 saturated carbocycles. The molecule has 3 heteroatoms. The highest BCUT2D eigenvalue weighted by atomic mass is 19.1. The van der Waals surface area contributed by atoms with Gasteiger partial charge in [0.1, 0.15) is 5.82 Å². The van der Waals surface area contributed by atoms with Gasteiger partial charge in [-0.05, 0) is 42.7 Å². The molecule has 2 aromatic carbocycles. The Hall–Kier alpha value is -2.16. The van der Waals surface area contributed by atoms with Crippen molar-refractivity contribution < 1.29 is 9.18 Å². The van der Waals surface area contributed by atoms with Crippen molar-refractivity contribution in [2.45, 2.75) is 33.6 Å². The number of halogens is 1. The molecule has 0 fully saturated rings. The molecule has 2 nitrogen and oxygen atoms in total. The van der Waals surface area contributed by atoms with Gasteiger partial charge >= 0.3 is 0 Å². The van der Waals surface area contributed by atoms with Crippen LogP contribution in [0.2, 0.25) is 0 Å². The molecule has 1 amide bonds. The Labute approximate surface area is 125 Å². The molecule has 1 unspecified atom stereocenters. The minimum absolute atomic E-state index is 0.0973. The third kappa shape index (κ3) is 2.68. The van der Waals surface area contributed by atoms with Gasteiger partial charge in [-0.3, -0.25) is 4.79 Å². The van der Waals surface area contributed by atoms with E-state index < -0.39 is 0 Å². The summed E-state index contributed by atoms with van der Waals surface area (Å²) in [4.78, 5) is 12.2. The lowest BCUT2D eigenvalue weighted by molar-refractivity contribution is -0.117. The van der Waals surface area contributed by atoms with Crippen molar-refractivity contribution in [3.05, 3.63) is 53.3 Å². The van der Waals surface area contributed by atoms with E-state index in [2.05, 4.69) is 5.32 Å². The Balaban J connectivity index is 0.000000774. The Morgan fingerprint density at radius 2 is 1.81 bits per heavy atom. The first-order valence-corrected chi connectivity index (χ1v) is 7.28. The van der Waals surface area contributed by atoms with E-state index in [1.165, 1.54) is 12.1 Å². The third-order valence-electron chi connectivity index (χ3n) is 3.68. The third-order valence-corrected chi connectivity index (χ3v) is 3.68. The van der Waals surface area contributed by atoms with E-state index in [-0.39, 0.29) is 17.6 Å². The van der Waals surface area contributed by atoms with Gasteiger partial charge in [-0.25, -0.2) is 4.39 Å². The van der Waals surface area contributed by atoms with E-state index in [0.29, 0.717) is 0 Å². The maximum atomic E-state index is 13.5. The van der Waals surface area contributed by atoms with Crippen molar-refractivity contribution in [1.29, 1.82) is 0 Å². The highest BCUT2D eigenvalue weighted by molar-refractivity contribution is 6.04. The molecule has 1 aliphatic rings. The highest BCUT2D eigenvalue weighted by Gasteiger charge is 2.26. The number of hydrogen-bond donors (Lipinski definition) is 1. The minimum atomic E-state index is -0.363. The number of nitrogens with one attached hydrogen (secondary N) is 1. The molecule has 21 heavy (non-hydrogen) atoms. The average Bonchev–Trinajstić information content (AvgIpc) is 2.60. The van der Waals surface area contributed by atoms with Crippen LogP contribution in [0.25, 0.3) is 11.1 Å². The van der Waals surface area contributed by atoms with Gasteiger partial charge < -0.3 is 5.32 Å². The fraction of sp³-hybridized carbons (Fsp3) is 0.278. The van der Waals surface area contributed by atoms with Crippen molar-refractivity contribution in [2.75, 3.05) is 5.32 Å². The number of fused-ring (bicyclic) bond motifs is 3. The number of carbonyl (C=O) groups is 1. The smallest absolute Gasteiger partial charge is 0.231 e. The van der Waals surface area contributed by atoms with Crippen LogP contribution in [0.1, 0.15) is 37.8 Å². The largest absolute Gasteiger partial charge is 0.325 e. The number of carbonyl (C=O) groups excluding carboxylic acids is 1. The first-order valence-electron chi connectivity index (χ1n) is 7.28. The number of benzene rings is 2. The molecule has 0 spiro atoms. The molecule has 1 aliphatic heterocycles. The normalized spacial score (nSPS) is 15.9. The summed E-state index contributed by atoms with van der Waals surface area (Å²) < 4.78 is 13.5. The molecular formula is C18H20FNO. The standard InChI is InChI=1S/C16H14FNO.C2H6/c1-9-4-3-5-13-12-7-6-11(17)8-14(12)10(2)16(19)18-15(9)13;1-2/h3-8,10H,1-2H3,(H,18,19);1-2H3. The van der Waals surface area contributed by atoms with Gasteiger partial charge in [0, 0.05) is 5.56 Å². The molecule has 0 aromatic heterocycles. The van der Waals surface area contributed by atoms with Crippen LogP contribution >= 0.6 is 0 Å². The zero-order valence-corrected chi connectivity index (χ0v) is 12.8. The Morgan fingerprint density at radius 1 is 1.10 bits per heavy atom. The molecule has 2 aromatic rings. The first kappa shape index (κ1) is 15.2. The molecule has 0 bridgehead atoms. The van der Waals surface area contributed by atoms with E-state index >= 15 is 0 Å². The van der Waals surface area contributed by atoms with Gasteiger partial charge in [0.15, 0.2) is 0 Å². The van der Waals surface area contributed by atoms with Crippen LogP contribution in [0.15, 0.2) is 36.4 Å². The Bertz CT molecular complexity index is 679. The minimum Gasteiger partial charge on any atom is -0.325 e. The van der Waals surface area contributed by atoms with E-state index in [0.717, 1.165) is 27.9 Å². The fourth-order valence-electron chi connectivity index (χ4n) is 2.57.